The van der Waals surface area contributed by atoms with Crippen LogP contribution in [-0.2, 0) is 20.9 Å². The fourth-order valence-electron chi connectivity index (χ4n) is 5.11. The van der Waals surface area contributed by atoms with Crippen LogP contribution in [0.2, 0.25) is 0 Å². The molecule has 8 heteroatoms. The summed E-state index contributed by atoms with van der Waals surface area (Å²) >= 11 is 1.33. The van der Waals surface area contributed by atoms with Gasteiger partial charge in [0.15, 0.2) is 0 Å². The van der Waals surface area contributed by atoms with Crippen molar-refractivity contribution < 1.29 is 14.3 Å². The highest BCUT2D eigenvalue weighted by atomic mass is 32.2. The van der Waals surface area contributed by atoms with E-state index in [9.17, 15) is 4.79 Å². The highest BCUT2D eigenvalue weighted by molar-refractivity contribution is 8.16. The predicted octanol–water partition coefficient (Wildman–Crippen LogP) is 6.77. The number of ether oxygens (including phenoxy) is 2. The molecule has 7 nitrogen and oxygen atoms in total. The summed E-state index contributed by atoms with van der Waals surface area (Å²) in [4.78, 5) is 12.1. The van der Waals surface area contributed by atoms with Gasteiger partial charge in [-0.2, -0.15) is 10.2 Å². The van der Waals surface area contributed by atoms with Crippen molar-refractivity contribution in [3.05, 3.63) is 125 Å². The summed E-state index contributed by atoms with van der Waals surface area (Å²) in [6, 6.07) is 34.4. The zero-order valence-electron chi connectivity index (χ0n) is 23.2. The van der Waals surface area contributed by atoms with E-state index in [0.29, 0.717) is 0 Å². The first kappa shape index (κ1) is 26.7. The van der Waals surface area contributed by atoms with Crippen LogP contribution in [0.4, 0.5) is 11.4 Å². The topological polar surface area (TPSA) is 66.7 Å². The molecule has 0 amide bonds. The third-order valence-electron chi connectivity index (χ3n) is 7.14. The zero-order chi connectivity index (χ0) is 28.4. The Morgan fingerprint density at radius 2 is 1.46 bits per heavy atom. The second-order valence-corrected chi connectivity index (χ2v) is 10.7. The van der Waals surface area contributed by atoms with E-state index in [0.717, 1.165) is 45.9 Å². The summed E-state index contributed by atoms with van der Waals surface area (Å²) in [6.45, 7) is 4.19. The van der Waals surface area contributed by atoms with Crippen LogP contribution in [0.5, 0.6) is 5.75 Å². The van der Waals surface area contributed by atoms with Gasteiger partial charge in [-0.25, -0.2) is 14.8 Å². The molecule has 6 rings (SSSR count). The molecule has 0 bridgehead atoms. The van der Waals surface area contributed by atoms with Crippen molar-refractivity contribution in [3.63, 3.8) is 0 Å². The molecule has 0 unspecified atom stereocenters. The average molecular weight is 563 g/mol. The molecule has 0 radical (unpaired) electrons. The van der Waals surface area contributed by atoms with Crippen LogP contribution in [0.25, 0.3) is 0 Å². The summed E-state index contributed by atoms with van der Waals surface area (Å²) in [5.41, 5.74) is 6.68. The summed E-state index contributed by atoms with van der Waals surface area (Å²) < 4.78 is 10.9. The van der Waals surface area contributed by atoms with Crippen molar-refractivity contribution in [2.45, 2.75) is 25.3 Å². The molecule has 0 saturated carbocycles. The van der Waals surface area contributed by atoms with Gasteiger partial charge in [0.25, 0.3) is 0 Å². The Balaban J connectivity index is 1.61. The maximum absolute atomic E-state index is 13.2. The average Bonchev–Trinajstić information content (AvgIpc) is 3.43. The number of hydrogen-bond donors (Lipinski definition) is 0. The summed E-state index contributed by atoms with van der Waals surface area (Å²) in [5, 5.41) is 14.3. The minimum absolute atomic E-state index is 0.253. The van der Waals surface area contributed by atoms with Crippen LogP contribution in [-0.4, -0.2) is 30.4 Å². The second kappa shape index (κ2) is 11.1. The maximum Gasteiger partial charge on any atom is 0.365 e. The Bertz CT molecular complexity index is 1620. The molecule has 2 aliphatic heterocycles. The summed E-state index contributed by atoms with van der Waals surface area (Å²) in [6.07, 6.45) is 0.962. The number of benzene rings is 4. The first-order chi connectivity index (χ1) is 20.1. The monoisotopic (exact) mass is 562 g/mol. The molecular formula is C33H30N4O3S. The molecule has 0 saturated heterocycles. The molecular weight excluding hydrogens is 532 g/mol. The lowest BCUT2D eigenvalue weighted by atomic mass is 9.92. The van der Waals surface area contributed by atoms with E-state index in [1.807, 2.05) is 76.7 Å². The number of thioether (sulfide) groups is 1. The molecule has 1 spiro atoms. The van der Waals surface area contributed by atoms with Crippen LogP contribution >= 0.6 is 11.8 Å². The van der Waals surface area contributed by atoms with Gasteiger partial charge in [0, 0.05) is 16.7 Å². The molecule has 0 fully saturated rings. The largest absolute Gasteiger partial charge is 0.497 e. The molecule has 41 heavy (non-hydrogen) atoms. The lowest BCUT2D eigenvalue weighted by Gasteiger charge is -2.47. The van der Waals surface area contributed by atoms with Gasteiger partial charge < -0.3 is 9.47 Å². The first-order valence-corrected chi connectivity index (χ1v) is 14.4. The quantitative estimate of drug-likeness (QED) is 0.232. The molecule has 0 aromatic heterocycles. The van der Waals surface area contributed by atoms with Gasteiger partial charge in [-0.15, -0.1) is 0 Å². The third kappa shape index (κ3) is 4.64. The SMILES string of the molecule is CCOC(=O)C1=NN(c2ccc(OC)cc2)[C@@]2(S1)c1ccccc1C(c1ccc(CC)cc1)=NN2c1ccccc1. The standard InChI is InChI=1S/C33H30N4O3S/c1-4-23-15-17-24(18-16-23)30-28-13-9-10-14-29(28)33(36(34-30)25-11-7-6-8-12-25)37(26-19-21-27(39-3)22-20-26)35-31(41-33)32(38)40-5-2/h6-22H,4-5H2,1-3H3/t33-/m1/s1. The van der Waals surface area contributed by atoms with Gasteiger partial charge in [-0.05, 0) is 67.1 Å². The van der Waals surface area contributed by atoms with Gasteiger partial charge in [0.2, 0.25) is 10.0 Å². The van der Waals surface area contributed by atoms with Gasteiger partial charge in [-0.3, -0.25) is 0 Å². The number of carbonyl (C=O) groups is 1. The van der Waals surface area contributed by atoms with E-state index in [-0.39, 0.29) is 11.7 Å². The van der Waals surface area contributed by atoms with Crippen LogP contribution in [0.3, 0.4) is 0 Å². The molecule has 0 N–H and O–H groups in total. The smallest absolute Gasteiger partial charge is 0.365 e. The molecule has 0 aliphatic carbocycles. The summed E-state index contributed by atoms with van der Waals surface area (Å²) in [5.74, 6) is 0.257. The Morgan fingerprint density at radius 3 is 2.15 bits per heavy atom. The predicted molar refractivity (Wildman–Crippen MR) is 166 cm³/mol. The first-order valence-electron chi connectivity index (χ1n) is 13.6. The fourth-order valence-corrected chi connectivity index (χ4v) is 6.40. The van der Waals surface area contributed by atoms with Crippen molar-refractivity contribution in [2.24, 2.45) is 10.2 Å². The van der Waals surface area contributed by atoms with Crippen LogP contribution < -0.4 is 14.8 Å². The van der Waals surface area contributed by atoms with Crippen molar-refractivity contribution in [1.82, 2.24) is 0 Å². The van der Waals surface area contributed by atoms with E-state index in [1.165, 1.54) is 17.3 Å². The van der Waals surface area contributed by atoms with E-state index >= 15 is 0 Å². The normalized spacial score (nSPS) is 17.6. The fraction of sp³-hybridized carbons (Fsp3) is 0.182. The van der Waals surface area contributed by atoms with Crippen LogP contribution in [0, 0.1) is 0 Å². The van der Waals surface area contributed by atoms with Crippen molar-refractivity contribution in [1.29, 1.82) is 0 Å². The minimum atomic E-state index is -1.05. The van der Waals surface area contributed by atoms with Crippen LogP contribution in [0.15, 0.2) is 113 Å². The van der Waals surface area contributed by atoms with E-state index in [1.54, 1.807) is 14.0 Å². The van der Waals surface area contributed by atoms with Gasteiger partial charge in [-0.1, -0.05) is 73.7 Å². The highest BCUT2D eigenvalue weighted by Gasteiger charge is 2.56. The van der Waals surface area contributed by atoms with Crippen molar-refractivity contribution >= 4 is 39.9 Å². The van der Waals surface area contributed by atoms with Gasteiger partial charge in [0.1, 0.15) is 5.75 Å². The lowest BCUT2D eigenvalue weighted by molar-refractivity contribution is -0.134. The van der Waals surface area contributed by atoms with Gasteiger partial charge in [0.05, 0.1) is 30.8 Å². The zero-order valence-corrected chi connectivity index (χ0v) is 24.0. The second-order valence-electron chi connectivity index (χ2n) is 9.54. The number of anilines is 2. The number of rotatable bonds is 7. The Labute approximate surface area is 244 Å². The van der Waals surface area contributed by atoms with Crippen LogP contribution in [0.1, 0.15) is 36.1 Å². The number of fused-ring (bicyclic) bond motifs is 2. The number of esters is 1. The molecule has 206 valence electrons. The Morgan fingerprint density at radius 1 is 0.805 bits per heavy atom. The maximum atomic E-state index is 13.2. The van der Waals surface area contributed by atoms with Crippen molar-refractivity contribution in [2.75, 3.05) is 23.7 Å². The van der Waals surface area contributed by atoms with E-state index in [2.05, 4.69) is 43.3 Å². The molecule has 2 heterocycles. The van der Waals surface area contributed by atoms with Gasteiger partial charge >= 0.3 is 5.97 Å². The number of nitrogens with zero attached hydrogens (tertiary/aromatic N) is 4. The van der Waals surface area contributed by atoms with E-state index in [4.69, 9.17) is 19.7 Å². The Kier molecular flexibility index (Phi) is 7.24. The number of methoxy groups -OCH3 is 1. The molecule has 2 aliphatic rings. The molecule has 4 aromatic carbocycles. The number of hydrazone groups is 2. The number of hydrogen-bond acceptors (Lipinski definition) is 8. The van der Waals surface area contributed by atoms with Crippen molar-refractivity contribution in [3.8, 4) is 5.75 Å². The Hall–Kier alpha value is -4.56. The molecule has 4 aromatic rings. The summed E-state index contributed by atoms with van der Waals surface area (Å²) in [7, 11) is 1.64. The number of carbonyl (C=O) groups excluding carboxylic acids is 1. The number of aryl methyl sites for hydroxylation is 1. The minimum Gasteiger partial charge on any atom is -0.497 e. The van der Waals surface area contributed by atoms with E-state index < -0.39 is 11.0 Å². The third-order valence-corrected chi connectivity index (χ3v) is 8.43. The lowest BCUT2D eigenvalue weighted by Crippen LogP contribution is -2.54. The highest BCUT2D eigenvalue weighted by Crippen LogP contribution is 2.55. The molecule has 1 atom stereocenters. The number of para-hydroxylation sites is 1.